The van der Waals surface area contributed by atoms with Gasteiger partial charge in [-0.2, -0.15) is 13.2 Å². The number of carbonyl (C=O) groups is 2. The molecule has 0 atom stereocenters. The van der Waals surface area contributed by atoms with E-state index in [1.807, 2.05) is 26.0 Å². The van der Waals surface area contributed by atoms with Crippen LogP contribution in [0.15, 0.2) is 30.3 Å². The molecule has 0 spiro atoms. The molecule has 3 rings (SSSR count). The Balaban J connectivity index is 1.71. The van der Waals surface area contributed by atoms with Crippen LogP contribution >= 0.6 is 23.2 Å². The minimum Gasteiger partial charge on any atom is -0.494 e. The van der Waals surface area contributed by atoms with Gasteiger partial charge in [-0.15, -0.1) is 0 Å². The topological polar surface area (TPSA) is 105 Å². The van der Waals surface area contributed by atoms with E-state index in [1.54, 1.807) is 18.2 Å². The summed E-state index contributed by atoms with van der Waals surface area (Å²) in [5, 5.41) is 3.25. The molecule has 0 saturated carbocycles. The van der Waals surface area contributed by atoms with Crippen molar-refractivity contribution in [3.63, 3.8) is 0 Å². The summed E-state index contributed by atoms with van der Waals surface area (Å²) in [6.07, 6.45) is -4.27. The number of rotatable bonds is 11. The minimum atomic E-state index is -5.13. The Labute approximate surface area is 227 Å². The number of alkyl halides is 3. The Morgan fingerprint density at radius 1 is 1.08 bits per heavy atom. The number of hydrogen-bond acceptors (Lipinski definition) is 5. The zero-order chi connectivity index (χ0) is 28.3. The van der Waals surface area contributed by atoms with Crippen molar-refractivity contribution in [2.24, 2.45) is 0 Å². The number of halogens is 5. The number of H-pyrrole nitrogens is 1. The summed E-state index contributed by atoms with van der Waals surface area (Å²) in [7, 11) is -4.12. The van der Waals surface area contributed by atoms with E-state index >= 15 is 0 Å². The number of ether oxygens (including phenoxy) is 1. The predicted octanol–water partition coefficient (Wildman–Crippen LogP) is 5.38. The number of benzene rings is 2. The summed E-state index contributed by atoms with van der Waals surface area (Å²) >= 11 is 12.3. The molecule has 1 amide bonds. The van der Waals surface area contributed by atoms with Gasteiger partial charge in [0, 0.05) is 27.5 Å². The number of nitrogens with one attached hydrogen (secondary N) is 2. The van der Waals surface area contributed by atoms with Gasteiger partial charge in [-0.3, -0.25) is 9.59 Å². The maximum Gasteiger partial charge on any atom is 0.471 e. The molecule has 38 heavy (non-hydrogen) atoms. The van der Waals surface area contributed by atoms with E-state index in [9.17, 15) is 31.2 Å². The summed E-state index contributed by atoms with van der Waals surface area (Å²) in [4.78, 5) is 26.8. The quantitative estimate of drug-likeness (QED) is 0.230. The van der Waals surface area contributed by atoms with E-state index in [0.717, 1.165) is 11.1 Å². The molecule has 0 unspecified atom stereocenters. The fourth-order valence-electron chi connectivity index (χ4n) is 3.92. The summed E-state index contributed by atoms with van der Waals surface area (Å²) in [6.45, 7) is 3.28. The van der Waals surface area contributed by atoms with Gasteiger partial charge in [-0.1, -0.05) is 29.3 Å². The molecule has 0 aliphatic heterocycles. The second-order valence-corrected chi connectivity index (χ2v) is 11.8. The van der Waals surface area contributed by atoms with Crippen molar-refractivity contribution in [3.8, 4) is 5.75 Å². The van der Waals surface area contributed by atoms with Crippen molar-refractivity contribution in [2.45, 2.75) is 32.9 Å². The van der Waals surface area contributed by atoms with Gasteiger partial charge in [0.2, 0.25) is 0 Å². The van der Waals surface area contributed by atoms with Gasteiger partial charge in [0.1, 0.15) is 11.5 Å². The summed E-state index contributed by atoms with van der Waals surface area (Å²) < 4.78 is 67.6. The largest absolute Gasteiger partial charge is 0.494 e. The Kier molecular flexibility index (Phi) is 9.38. The number of Topliss-reactive ketones (excluding diaryl/α,β-unsaturated/α-hetero) is 1. The van der Waals surface area contributed by atoms with E-state index < -0.39 is 45.8 Å². The van der Waals surface area contributed by atoms with E-state index in [1.165, 1.54) is 5.32 Å². The number of hydrogen-bond donors (Lipinski definition) is 2. The molecule has 1 aromatic heterocycles. The lowest BCUT2D eigenvalue weighted by Crippen LogP contribution is -2.39. The lowest BCUT2D eigenvalue weighted by Gasteiger charge is -2.11. The van der Waals surface area contributed by atoms with E-state index in [2.05, 4.69) is 4.98 Å². The van der Waals surface area contributed by atoms with Crippen molar-refractivity contribution in [3.05, 3.63) is 62.8 Å². The van der Waals surface area contributed by atoms with Crippen LogP contribution < -0.4 is 10.1 Å². The Morgan fingerprint density at radius 2 is 1.74 bits per heavy atom. The highest BCUT2D eigenvalue weighted by atomic mass is 35.5. The molecule has 0 fully saturated rings. The first-order chi connectivity index (χ1) is 17.7. The van der Waals surface area contributed by atoms with E-state index in [4.69, 9.17) is 27.9 Å². The van der Waals surface area contributed by atoms with Gasteiger partial charge >= 0.3 is 12.1 Å². The number of amides is 1. The first kappa shape index (κ1) is 29.8. The molecule has 7 nitrogen and oxygen atoms in total. The van der Waals surface area contributed by atoms with Crippen LogP contribution in [0, 0.1) is 13.8 Å². The van der Waals surface area contributed by atoms with Crippen molar-refractivity contribution in [1.29, 1.82) is 0 Å². The number of ketones is 1. The Hall–Kier alpha value is -2.76. The van der Waals surface area contributed by atoms with Crippen LogP contribution in [0.4, 0.5) is 13.2 Å². The predicted molar refractivity (Wildman–Crippen MR) is 140 cm³/mol. The highest BCUT2D eigenvalue weighted by Crippen LogP contribution is 2.28. The number of aryl methyl sites for hydroxylation is 3. The number of fused-ring (bicyclic) bond motifs is 1. The average molecular weight is 593 g/mol. The summed E-state index contributed by atoms with van der Waals surface area (Å²) in [5.74, 6) is -4.12. The first-order valence-corrected chi connectivity index (χ1v) is 14.0. The van der Waals surface area contributed by atoms with Crippen LogP contribution in [0.25, 0.3) is 10.9 Å². The molecule has 2 aromatic carbocycles. The third-order valence-corrected chi connectivity index (χ3v) is 8.06. The van der Waals surface area contributed by atoms with Gasteiger partial charge in [0.05, 0.1) is 18.1 Å². The van der Waals surface area contributed by atoms with Gasteiger partial charge in [0.25, 0.3) is 0 Å². The SMILES string of the molecule is Cc1cc(OCCCc2c(C(=O)CS(=O)(=O)CCNC(=O)C(F)(F)F)[nH]c3cc(Cl)ccc23)cc(C)c1Cl. The van der Waals surface area contributed by atoms with Crippen molar-refractivity contribution in [2.75, 3.05) is 24.7 Å². The van der Waals surface area contributed by atoms with E-state index in [0.29, 0.717) is 51.7 Å². The van der Waals surface area contributed by atoms with Gasteiger partial charge < -0.3 is 15.0 Å². The lowest BCUT2D eigenvalue weighted by molar-refractivity contribution is -0.173. The second-order valence-electron chi connectivity index (χ2n) is 8.76. The maximum absolute atomic E-state index is 13.0. The zero-order valence-corrected chi connectivity index (χ0v) is 22.8. The van der Waals surface area contributed by atoms with Crippen LogP contribution in [-0.2, 0) is 21.1 Å². The standard InChI is InChI=1S/C25H25Cl2F3N2O5S/c1-14-10-17(11-15(2)22(14)27)37-8-3-4-19-18-6-5-16(26)12-20(18)32-23(19)21(33)13-38(35,36)9-7-31-24(34)25(28,29)30/h5-6,10-12,32H,3-4,7-9,13H2,1-2H3,(H,31,34). The van der Waals surface area contributed by atoms with Crippen molar-refractivity contribution in [1.82, 2.24) is 10.3 Å². The molecular formula is C25H25Cl2F3N2O5S. The molecule has 0 aliphatic rings. The smallest absolute Gasteiger partial charge is 0.471 e. The van der Waals surface area contributed by atoms with Crippen molar-refractivity contribution >= 4 is 55.6 Å². The number of sulfone groups is 1. The average Bonchev–Trinajstić information content (AvgIpc) is 3.16. The number of aromatic amines is 1. The zero-order valence-electron chi connectivity index (χ0n) is 20.5. The van der Waals surface area contributed by atoms with Crippen LogP contribution in [-0.4, -0.2) is 55.9 Å². The normalized spacial score (nSPS) is 12.1. The van der Waals surface area contributed by atoms with Crippen molar-refractivity contribution < 1.29 is 35.9 Å². The fraction of sp³-hybridized carbons (Fsp3) is 0.360. The Bertz CT molecular complexity index is 1450. The second kappa shape index (κ2) is 12.0. The number of aromatic nitrogens is 1. The highest BCUT2D eigenvalue weighted by Gasteiger charge is 2.38. The third kappa shape index (κ3) is 7.64. The minimum absolute atomic E-state index is 0.0725. The molecule has 0 bridgehead atoms. The lowest BCUT2D eigenvalue weighted by atomic mass is 10.0. The highest BCUT2D eigenvalue weighted by molar-refractivity contribution is 7.92. The van der Waals surface area contributed by atoms with Crippen LogP contribution in [0.5, 0.6) is 5.75 Å². The monoisotopic (exact) mass is 592 g/mol. The van der Waals surface area contributed by atoms with Crippen LogP contribution in [0.1, 0.15) is 33.6 Å². The molecule has 13 heteroatoms. The third-order valence-electron chi connectivity index (χ3n) is 5.70. The molecule has 0 radical (unpaired) electrons. The van der Waals surface area contributed by atoms with Gasteiger partial charge in [-0.05, 0) is 67.6 Å². The molecular weight excluding hydrogens is 568 g/mol. The first-order valence-electron chi connectivity index (χ1n) is 11.5. The van der Waals surface area contributed by atoms with Gasteiger partial charge in [-0.25, -0.2) is 8.42 Å². The molecule has 0 aliphatic carbocycles. The fourth-order valence-corrected chi connectivity index (χ4v) is 5.30. The van der Waals surface area contributed by atoms with E-state index in [-0.39, 0.29) is 5.69 Å². The van der Waals surface area contributed by atoms with Crippen LogP contribution in [0.2, 0.25) is 10.0 Å². The molecule has 2 N–H and O–H groups in total. The van der Waals surface area contributed by atoms with Gasteiger partial charge in [0.15, 0.2) is 15.6 Å². The summed E-state index contributed by atoms with van der Waals surface area (Å²) in [5.41, 5.74) is 2.94. The molecule has 0 saturated heterocycles. The molecule has 3 aromatic rings. The maximum atomic E-state index is 13.0. The van der Waals surface area contributed by atoms with Crippen LogP contribution in [0.3, 0.4) is 0 Å². The Morgan fingerprint density at radius 3 is 2.37 bits per heavy atom. The summed E-state index contributed by atoms with van der Waals surface area (Å²) in [6, 6.07) is 8.60. The molecule has 1 heterocycles. The molecule has 206 valence electrons. The number of carbonyl (C=O) groups excluding carboxylic acids is 2.